The van der Waals surface area contributed by atoms with Crippen molar-refractivity contribution in [3.05, 3.63) is 65.3 Å². The fourth-order valence-corrected chi connectivity index (χ4v) is 3.73. The second kappa shape index (κ2) is 7.80. The third kappa shape index (κ3) is 4.47. The van der Waals surface area contributed by atoms with E-state index in [0.717, 1.165) is 4.47 Å². The Labute approximate surface area is 163 Å². The maximum Gasteiger partial charge on any atom is 0.311 e. The first kappa shape index (κ1) is 18.9. The summed E-state index contributed by atoms with van der Waals surface area (Å²) in [7, 11) is -2.60. The molecule has 0 atom stereocenters. The molecule has 27 heavy (non-hydrogen) atoms. The number of sulfonamides is 1. The van der Waals surface area contributed by atoms with Crippen molar-refractivity contribution in [1.29, 1.82) is 0 Å². The van der Waals surface area contributed by atoms with Gasteiger partial charge in [0.15, 0.2) is 0 Å². The number of nitrogens with one attached hydrogen (secondary N) is 2. The molecule has 0 unspecified atom stereocenters. The lowest BCUT2D eigenvalue weighted by atomic mass is 10.3. The van der Waals surface area contributed by atoms with E-state index in [1.165, 1.54) is 37.8 Å². The zero-order valence-corrected chi connectivity index (χ0v) is 16.4. The minimum atomic E-state index is -3.96. The second-order valence-corrected chi connectivity index (χ2v) is 7.84. The standard InChI is InChI=1S/C17H14BrN3O5S/c1-25-14-7-6-13(20-16(22)17-19-8-9-26-17)10-15(14)27(23,24)21-12-4-2-11(18)3-5-12/h2-10,21H,1H3,(H,20,22). The van der Waals surface area contributed by atoms with E-state index in [1.807, 2.05) is 0 Å². The summed E-state index contributed by atoms with van der Waals surface area (Å²) < 4.78 is 38.9. The SMILES string of the molecule is COc1ccc(NC(=O)c2ncco2)cc1S(=O)(=O)Nc1ccc(Br)cc1. The summed E-state index contributed by atoms with van der Waals surface area (Å²) >= 11 is 3.29. The van der Waals surface area contributed by atoms with Gasteiger partial charge in [0, 0.05) is 15.8 Å². The fourth-order valence-electron chi connectivity index (χ4n) is 2.21. The highest BCUT2D eigenvalue weighted by atomic mass is 79.9. The van der Waals surface area contributed by atoms with Gasteiger partial charge in [-0.25, -0.2) is 13.4 Å². The molecule has 1 amide bonds. The lowest BCUT2D eigenvalue weighted by Crippen LogP contribution is -2.16. The predicted molar refractivity (Wildman–Crippen MR) is 102 cm³/mol. The van der Waals surface area contributed by atoms with E-state index in [-0.39, 0.29) is 22.2 Å². The number of hydrogen-bond acceptors (Lipinski definition) is 6. The average Bonchev–Trinajstić information content (AvgIpc) is 3.18. The molecule has 3 aromatic rings. The summed E-state index contributed by atoms with van der Waals surface area (Å²) in [5.74, 6) is -0.605. The molecule has 0 saturated carbocycles. The Balaban J connectivity index is 1.90. The van der Waals surface area contributed by atoms with E-state index in [0.29, 0.717) is 5.69 Å². The molecule has 0 saturated heterocycles. The number of nitrogens with zero attached hydrogens (tertiary/aromatic N) is 1. The minimum Gasteiger partial charge on any atom is -0.495 e. The maximum absolute atomic E-state index is 12.8. The van der Waals surface area contributed by atoms with Crippen LogP contribution in [0.2, 0.25) is 0 Å². The topological polar surface area (TPSA) is 111 Å². The van der Waals surface area contributed by atoms with Gasteiger partial charge >= 0.3 is 5.91 Å². The van der Waals surface area contributed by atoms with Crippen molar-refractivity contribution < 1.29 is 22.4 Å². The number of oxazole rings is 1. The Kier molecular flexibility index (Phi) is 5.47. The fraction of sp³-hybridized carbons (Fsp3) is 0.0588. The Morgan fingerprint density at radius 1 is 1.15 bits per heavy atom. The number of amides is 1. The van der Waals surface area contributed by atoms with Crippen molar-refractivity contribution in [3.8, 4) is 5.75 Å². The third-order valence-corrected chi connectivity index (χ3v) is 5.37. The van der Waals surface area contributed by atoms with Crippen LogP contribution in [0.3, 0.4) is 0 Å². The zero-order chi connectivity index (χ0) is 19.4. The van der Waals surface area contributed by atoms with Crippen molar-refractivity contribution >= 4 is 43.2 Å². The maximum atomic E-state index is 12.8. The molecule has 0 bridgehead atoms. The molecular formula is C17H14BrN3O5S. The van der Waals surface area contributed by atoms with Gasteiger partial charge in [-0.1, -0.05) is 15.9 Å². The molecule has 0 aliphatic rings. The summed E-state index contributed by atoms with van der Waals surface area (Å²) in [4.78, 5) is 15.7. The normalized spacial score (nSPS) is 11.0. The van der Waals surface area contributed by atoms with E-state index in [9.17, 15) is 13.2 Å². The molecule has 0 spiro atoms. The number of ether oxygens (including phenoxy) is 1. The highest BCUT2D eigenvalue weighted by Gasteiger charge is 2.21. The molecule has 0 radical (unpaired) electrons. The van der Waals surface area contributed by atoms with Crippen molar-refractivity contribution in [3.63, 3.8) is 0 Å². The van der Waals surface area contributed by atoms with Crippen LogP contribution in [0.5, 0.6) is 5.75 Å². The number of carbonyl (C=O) groups is 1. The largest absolute Gasteiger partial charge is 0.495 e. The molecule has 1 aromatic heterocycles. The molecule has 0 fully saturated rings. The molecule has 8 nitrogen and oxygen atoms in total. The van der Waals surface area contributed by atoms with Gasteiger partial charge in [0.25, 0.3) is 15.9 Å². The van der Waals surface area contributed by atoms with Crippen molar-refractivity contribution in [2.45, 2.75) is 4.90 Å². The average molecular weight is 452 g/mol. The van der Waals surface area contributed by atoms with Crippen LogP contribution in [-0.2, 0) is 10.0 Å². The molecular weight excluding hydrogens is 438 g/mol. The Hall–Kier alpha value is -2.85. The molecule has 0 aliphatic carbocycles. The first-order valence-corrected chi connectivity index (χ1v) is 9.84. The van der Waals surface area contributed by atoms with Gasteiger partial charge in [-0.05, 0) is 42.5 Å². The Morgan fingerprint density at radius 2 is 1.85 bits per heavy atom. The van der Waals surface area contributed by atoms with E-state index in [2.05, 4.69) is 31.0 Å². The molecule has 1 heterocycles. The van der Waals surface area contributed by atoms with Gasteiger partial charge in [0.2, 0.25) is 0 Å². The van der Waals surface area contributed by atoms with Crippen LogP contribution in [0, 0.1) is 0 Å². The van der Waals surface area contributed by atoms with Crippen molar-refractivity contribution in [2.24, 2.45) is 0 Å². The number of aromatic nitrogens is 1. The van der Waals surface area contributed by atoms with Crippen LogP contribution in [0.15, 0.2) is 68.7 Å². The van der Waals surface area contributed by atoms with Crippen LogP contribution in [0.4, 0.5) is 11.4 Å². The minimum absolute atomic E-state index is 0.127. The van der Waals surface area contributed by atoms with E-state index < -0.39 is 15.9 Å². The van der Waals surface area contributed by atoms with E-state index in [1.54, 1.807) is 24.3 Å². The number of methoxy groups -OCH3 is 1. The number of carbonyl (C=O) groups excluding carboxylic acids is 1. The summed E-state index contributed by atoms with van der Waals surface area (Å²) in [5, 5.41) is 2.53. The van der Waals surface area contributed by atoms with Gasteiger partial charge in [-0.2, -0.15) is 0 Å². The van der Waals surface area contributed by atoms with Gasteiger partial charge in [0.1, 0.15) is 16.9 Å². The van der Waals surface area contributed by atoms with Crippen molar-refractivity contribution in [2.75, 3.05) is 17.1 Å². The Morgan fingerprint density at radius 3 is 2.48 bits per heavy atom. The molecule has 0 aliphatic heterocycles. The van der Waals surface area contributed by atoms with Gasteiger partial charge in [-0.15, -0.1) is 0 Å². The quantitative estimate of drug-likeness (QED) is 0.593. The van der Waals surface area contributed by atoms with Crippen LogP contribution in [0.25, 0.3) is 0 Å². The smallest absolute Gasteiger partial charge is 0.311 e. The van der Waals surface area contributed by atoms with Crippen LogP contribution < -0.4 is 14.8 Å². The lowest BCUT2D eigenvalue weighted by molar-refractivity contribution is 0.0990. The first-order chi connectivity index (χ1) is 12.9. The molecule has 2 aromatic carbocycles. The number of rotatable bonds is 6. The van der Waals surface area contributed by atoms with Gasteiger partial charge in [0.05, 0.1) is 13.3 Å². The predicted octanol–water partition coefficient (Wildman–Crippen LogP) is 3.50. The highest BCUT2D eigenvalue weighted by Crippen LogP contribution is 2.29. The van der Waals surface area contributed by atoms with Crippen LogP contribution >= 0.6 is 15.9 Å². The number of hydrogen-bond donors (Lipinski definition) is 2. The molecule has 140 valence electrons. The number of benzene rings is 2. The Bertz CT molecular complexity index is 1050. The highest BCUT2D eigenvalue weighted by molar-refractivity contribution is 9.10. The summed E-state index contributed by atoms with van der Waals surface area (Å²) in [5.41, 5.74) is 0.629. The second-order valence-electron chi connectivity index (χ2n) is 5.27. The summed E-state index contributed by atoms with van der Waals surface area (Å²) in [6.07, 6.45) is 2.60. The van der Waals surface area contributed by atoms with Crippen LogP contribution in [0.1, 0.15) is 10.7 Å². The zero-order valence-electron chi connectivity index (χ0n) is 14.0. The monoisotopic (exact) mass is 451 g/mol. The lowest BCUT2D eigenvalue weighted by Gasteiger charge is -2.13. The van der Waals surface area contributed by atoms with E-state index in [4.69, 9.17) is 9.15 Å². The van der Waals surface area contributed by atoms with Gasteiger partial charge in [-0.3, -0.25) is 9.52 Å². The summed E-state index contributed by atoms with van der Waals surface area (Å²) in [6.45, 7) is 0. The van der Waals surface area contributed by atoms with Crippen LogP contribution in [-0.4, -0.2) is 26.4 Å². The molecule has 10 heteroatoms. The molecule has 2 N–H and O–H groups in total. The third-order valence-electron chi connectivity index (χ3n) is 3.43. The van der Waals surface area contributed by atoms with E-state index >= 15 is 0 Å². The van der Waals surface area contributed by atoms with Crippen molar-refractivity contribution in [1.82, 2.24) is 4.98 Å². The van der Waals surface area contributed by atoms with Gasteiger partial charge < -0.3 is 14.5 Å². The summed E-state index contributed by atoms with van der Waals surface area (Å²) in [6, 6.07) is 10.9. The number of halogens is 1. The number of anilines is 2. The first-order valence-electron chi connectivity index (χ1n) is 7.56. The molecule has 3 rings (SSSR count).